The van der Waals surface area contributed by atoms with Gasteiger partial charge in [0.1, 0.15) is 0 Å². The van der Waals surface area contributed by atoms with E-state index in [4.69, 9.17) is 16.7 Å². The third-order valence-electron chi connectivity index (χ3n) is 2.63. The number of hydrogen-bond donors (Lipinski definition) is 2. The van der Waals surface area contributed by atoms with E-state index in [2.05, 4.69) is 21.2 Å². The number of amides is 1. The second-order valence-corrected chi connectivity index (χ2v) is 5.17. The Balaban J connectivity index is 2.00. The molecule has 1 amide bonds. The molecule has 0 spiro atoms. The lowest BCUT2D eigenvalue weighted by molar-refractivity contribution is -0.139. The number of anilines is 1. The van der Waals surface area contributed by atoms with Crippen LogP contribution >= 0.6 is 27.5 Å². The zero-order valence-electron chi connectivity index (χ0n) is 8.61. The number of hydrogen-bond acceptors (Lipinski definition) is 2. The van der Waals surface area contributed by atoms with Gasteiger partial charge in [0.15, 0.2) is 0 Å². The van der Waals surface area contributed by atoms with Crippen molar-refractivity contribution in [3.63, 3.8) is 0 Å². The lowest BCUT2D eigenvalue weighted by Crippen LogP contribution is -2.16. The van der Waals surface area contributed by atoms with Gasteiger partial charge in [0, 0.05) is 10.2 Å². The molecule has 90 valence electrons. The van der Waals surface area contributed by atoms with E-state index in [0.29, 0.717) is 21.6 Å². The molecule has 1 aromatic rings. The number of rotatable bonds is 3. The second-order valence-electron chi connectivity index (χ2n) is 3.91. The number of carboxylic acids is 1. The number of aliphatic carboxylic acids is 1. The Morgan fingerprint density at radius 2 is 2.12 bits per heavy atom. The molecule has 0 aromatic heterocycles. The van der Waals surface area contributed by atoms with Gasteiger partial charge in [-0.25, -0.2) is 0 Å². The van der Waals surface area contributed by atoms with Crippen LogP contribution < -0.4 is 5.32 Å². The second kappa shape index (κ2) is 4.66. The highest BCUT2D eigenvalue weighted by Crippen LogP contribution is 2.39. The minimum Gasteiger partial charge on any atom is -0.481 e. The number of nitrogens with one attached hydrogen (secondary N) is 1. The molecule has 0 radical (unpaired) electrons. The van der Waals surface area contributed by atoms with Crippen molar-refractivity contribution in [2.24, 2.45) is 11.8 Å². The van der Waals surface area contributed by atoms with Crippen LogP contribution in [0.1, 0.15) is 6.42 Å². The smallest absolute Gasteiger partial charge is 0.307 e. The Bertz CT molecular complexity index is 492. The van der Waals surface area contributed by atoms with Gasteiger partial charge in [0.05, 0.1) is 16.9 Å². The first-order valence-corrected chi connectivity index (χ1v) is 6.15. The Kier molecular flexibility index (Phi) is 3.40. The largest absolute Gasteiger partial charge is 0.481 e. The number of benzene rings is 1. The summed E-state index contributed by atoms with van der Waals surface area (Å²) >= 11 is 9.07. The van der Waals surface area contributed by atoms with Crippen LogP contribution in [-0.2, 0) is 9.59 Å². The quantitative estimate of drug-likeness (QED) is 0.900. The molecule has 1 aliphatic carbocycles. The van der Waals surface area contributed by atoms with Crippen molar-refractivity contribution in [3.8, 4) is 0 Å². The van der Waals surface area contributed by atoms with Gasteiger partial charge in [0.25, 0.3) is 0 Å². The summed E-state index contributed by atoms with van der Waals surface area (Å²) in [5, 5.41) is 11.9. The molecular weight excluding hydrogens is 309 g/mol. The van der Waals surface area contributed by atoms with E-state index in [0.717, 1.165) is 0 Å². The minimum absolute atomic E-state index is 0.258. The van der Waals surface area contributed by atoms with Crippen molar-refractivity contribution in [3.05, 3.63) is 27.7 Å². The first kappa shape index (κ1) is 12.4. The van der Waals surface area contributed by atoms with Gasteiger partial charge in [0.2, 0.25) is 5.91 Å². The summed E-state index contributed by atoms with van der Waals surface area (Å²) < 4.78 is 0.683. The van der Waals surface area contributed by atoms with Crippen molar-refractivity contribution in [1.82, 2.24) is 0 Å². The average molecular weight is 319 g/mol. The van der Waals surface area contributed by atoms with E-state index in [1.807, 2.05) is 0 Å². The number of carbonyl (C=O) groups is 2. The predicted molar refractivity (Wildman–Crippen MR) is 67.0 cm³/mol. The van der Waals surface area contributed by atoms with Crippen LogP contribution in [0.5, 0.6) is 0 Å². The third-order valence-corrected chi connectivity index (χ3v) is 3.85. The summed E-state index contributed by atoms with van der Waals surface area (Å²) in [5.41, 5.74) is 0.599. The van der Waals surface area contributed by atoms with Gasteiger partial charge in [-0.1, -0.05) is 11.6 Å². The number of carboxylic acid groups (broad SMARTS) is 1. The van der Waals surface area contributed by atoms with E-state index in [-0.39, 0.29) is 5.91 Å². The van der Waals surface area contributed by atoms with Gasteiger partial charge in [-0.15, -0.1) is 0 Å². The summed E-state index contributed by atoms with van der Waals surface area (Å²) in [6.07, 6.45) is 0.413. The normalized spacial score (nSPS) is 22.0. The molecule has 2 rings (SSSR count). The molecule has 0 aliphatic heterocycles. The highest BCUT2D eigenvalue weighted by atomic mass is 79.9. The minimum atomic E-state index is -0.914. The van der Waals surface area contributed by atoms with E-state index in [1.54, 1.807) is 18.2 Å². The van der Waals surface area contributed by atoms with Crippen molar-refractivity contribution >= 4 is 45.1 Å². The van der Waals surface area contributed by atoms with E-state index >= 15 is 0 Å². The predicted octanol–water partition coefficient (Wildman–Crippen LogP) is 2.76. The summed E-state index contributed by atoms with van der Waals surface area (Å²) in [7, 11) is 0. The van der Waals surface area contributed by atoms with E-state index in [1.165, 1.54) is 0 Å². The SMILES string of the molecule is O=C(O)[C@H]1C[C@H]1C(=O)Nc1ccc(Cl)c(Br)c1. The first-order valence-electron chi connectivity index (χ1n) is 4.98. The summed E-state index contributed by atoms with van der Waals surface area (Å²) in [6.45, 7) is 0. The van der Waals surface area contributed by atoms with Gasteiger partial charge < -0.3 is 10.4 Å². The number of carbonyl (C=O) groups excluding carboxylic acids is 1. The number of halogens is 2. The molecule has 0 unspecified atom stereocenters. The molecule has 1 saturated carbocycles. The molecule has 2 atom stereocenters. The molecule has 4 nitrogen and oxygen atoms in total. The van der Waals surface area contributed by atoms with Gasteiger partial charge in [-0.3, -0.25) is 9.59 Å². The van der Waals surface area contributed by atoms with Crippen LogP contribution in [-0.4, -0.2) is 17.0 Å². The third kappa shape index (κ3) is 2.79. The van der Waals surface area contributed by atoms with Crippen molar-refractivity contribution in [1.29, 1.82) is 0 Å². The zero-order chi connectivity index (χ0) is 12.6. The van der Waals surface area contributed by atoms with E-state index in [9.17, 15) is 9.59 Å². The summed E-state index contributed by atoms with van der Waals surface area (Å²) in [4.78, 5) is 22.3. The lowest BCUT2D eigenvalue weighted by Gasteiger charge is -2.05. The van der Waals surface area contributed by atoms with Crippen LogP contribution in [0, 0.1) is 11.8 Å². The molecule has 0 bridgehead atoms. The Labute approximate surface area is 111 Å². The standard InChI is InChI=1S/C11H9BrClNO3/c12-8-3-5(1-2-9(8)13)14-10(15)6-4-7(6)11(16)17/h1-3,6-7H,4H2,(H,14,15)(H,16,17)/t6-,7+/m1/s1. The van der Waals surface area contributed by atoms with Gasteiger partial charge in [-0.05, 0) is 40.5 Å². The van der Waals surface area contributed by atoms with Crippen molar-refractivity contribution in [2.45, 2.75) is 6.42 Å². The van der Waals surface area contributed by atoms with Gasteiger partial charge in [-0.2, -0.15) is 0 Å². The molecular formula is C11H9BrClNO3. The average Bonchev–Trinajstić information content (AvgIpc) is 3.03. The van der Waals surface area contributed by atoms with Crippen LogP contribution in [0.3, 0.4) is 0 Å². The Hall–Kier alpha value is -1.07. The van der Waals surface area contributed by atoms with Gasteiger partial charge >= 0.3 is 5.97 Å². The van der Waals surface area contributed by atoms with E-state index < -0.39 is 17.8 Å². The fourth-order valence-corrected chi connectivity index (χ4v) is 2.06. The maximum atomic E-state index is 11.7. The van der Waals surface area contributed by atoms with Crippen LogP contribution in [0.2, 0.25) is 5.02 Å². The summed E-state index contributed by atoms with van der Waals surface area (Å²) in [5.74, 6) is -2.12. The Morgan fingerprint density at radius 1 is 1.41 bits per heavy atom. The monoisotopic (exact) mass is 317 g/mol. The van der Waals surface area contributed by atoms with Crippen LogP contribution in [0.4, 0.5) is 5.69 Å². The molecule has 0 heterocycles. The molecule has 0 saturated heterocycles. The molecule has 1 aliphatic rings. The topological polar surface area (TPSA) is 66.4 Å². The molecule has 17 heavy (non-hydrogen) atoms. The van der Waals surface area contributed by atoms with Crippen molar-refractivity contribution < 1.29 is 14.7 Å². The molecule has 6 heteroatoms. The van der Waals surface area contributed by atoms with Crippen LogP contribution in [0.25, 0.3) is 0 Å². The first-order chi connectivity index (χ1) is 7.99. The fraction of sp³-hybridized carbons (Fsp3) is 0.273. The fourth-order valence-electron chi connectivity index (χ4n) is 1.57. The Morgan fingerprint density at radius 3 is 2.65 bits per heavy atom. The van der Waals surface area contributed by atoms with Crippen molar-refractivity contribution in [2.75, 3.05) is 5.32 Å². The molecule has 2 N–H and O–H groups in total. The molecule has 1 aromatic carbocycles. The highest BCUT2D eigenvalue weighted by molar-refractivity contribution is 9.10. The summed E-state index contributed by atoms with van der Waals surface area (Å²) in [6, 6.07) is 5.00. The maximum absolute atomic E-state index is 11.7. The zero-order valence-corrected chi connectivity index (χ0v) is 11.0. The molecule has 1 fully saturated rings. The lowest BCUT2D eigenvalue weighted by atomic mass is 10.2. The highest BCUT2D eigenvalue weighted by Gasteiger charge is 2.48. The maximum Gasteiger partial charge on any atom is 0.307 e. The van der Waals surface area contributed by atoms with Crippen LogP contribution in [0.15, 0.2) is 22.7 Å².